The van der Waals surface area contributed by atoms with Gasteiger partial charge in [0.05, 0.1) is 13.2 Å². The van der Waals surface area contributed by atoms with E-state index in [9.17, 15) is 0 Å². The molecule has 2 aliphatic rings. The van der Waals surface area contributed by atoms with Gasteiger partial charge in [0, 0.05) is 38.3 Å². The number of likely N-dealkylation sites (tertiary alicyclic amines) is 1. The van der Waals surface area contributed by atoms with Crippen molar-refractivity contribution < 1.29 is 4.74 Å². The van der Waals surface area contributed by atoms with Crippen molar-refractivity contribution >= 4 is 0 Å². The van der Waals surface area contributed by atoms with Gasteiger partial charge < -0.3 is 10.1 Å². The van der Waals surface area contributed by atoms with Gasteiger partial charge in [-0.05, 0) is 45.7 Å². The van der Waals surface area contributed by atoms with Crippen LogP contribution in [-0.4, -0.2) is 74.4 Å². The number of ether oxygens (including phenoxy) is 1. The summed E-state index contributed by atoms with van der Waals surface area (Å²) in [7, 11) is 0. The van der Waals surface area contributed by atoms with Gasteiger partial charge in [0.1, 0.15) is 0 Å². The third kappa shape index (κ3) is 4.99. The Bertz CT molecular complexity index is 256. The molecule has 0 aromatic carbocycles. The lowest BCUT2D eigenvalue weighted by atomic mass is 10.1. The molecule has 0 spiro atoms. The largest absolute Gasteiger partial charge is 0.379 e. The molecule has 0 amide bonds. The molecule has 0 aromatic heterocycles. The highest BCUT2D eigenvalue weighted by atomic mass is 16.5. The summed E-state index contributed by atoms with van der Waals surface area (Å²) in [6.07, 6.45) is 5.22. The molecule has 2 unspecified atom stereocenters. The Hall–Kier alpha value is -0.160. The average Bonchev–Trinajstić information content (AvgIpc) is 2.98. The molecule has 118 valence electrons. The Kier molecular flexibility index (Phi) is 7.28. The van der Waals surface area contributed by atoms with Crippen molar-refractivity contribution in [2.75, 3.05) is 52.5 Å². The zero-order valence-corrected chi connectivity index (χ0v) is 13.4. The minimum Gasteiger partial charge on any atom is -0.379 e. The maximum Gasteiger partial charge on any atom is 0.0594 e. The molecule has 4 heteroatoms. The lowest BCUT2D eigenvalue weighted by Gasteiger charge is -2.33. The Labute approximate surface area is 124 Å². The molecule has 0 radical (unpaired) electrons. The summed E-state index contributed by atoms with van der Waals surface area (Å²) in [5, 5.41) is 3.50. The van der Waals surface area contributed by atoms with E-state index in [1.807, 2.05) is 0 Å². The SMILES string of the molecule is CCCNCCCC(C)N1CCC(N2CCOCC2)C1. The third-order valence-corrected chi connectivity index (χ3v) is 4.78. The van der Waals surface area contributed by atoms with Crippen LogP contribution in [0.15, 0.2) is 0 Å². The molecule has 2 aliphatic heterocycles. The van der Waals surface area contributed by atoms with Gasteiger partial charge in [-0.25, -0.2) is 0 Å². The summed E-state index contributed by atoms with van der Waals surface area (Å²) in [5.74, 6) is 0. The van der Waals surface area contributed by atoms with Crippen molar-refractivity contribution in [3.63, 3.8) is 0 Å². The van der Waals surface area contributed by atoms with Gasteiger partial charge in [-0.1, -0.05) is 6.92 Å². The molecule has 2 saturated heterocycles. The first kappa shape index (κ1) is 16.2. The fourth-order valence-electron chi connectivity index (χ4n) is 3.42. The second-order valence-electron chi connectivity index (χ2n) is 6.33. The van der Waals surface area contributed by atoms with E-state index >= 15 is 0 Å². The molecule has 0 aromatic rings. The summed E-state index contributed by atoms with van der Waals surface area (Å²) in [5.41, 5.74) is 0. The van der Waals surface area contributed by atoms with Crippen molar-refractivity contribution in [3.05, 3.63) is 0 Å². The van der Waals surface area contributed by atoms with Gasteiger partial charge in [0.25, 0.3) is 0 Å². The highest BCUT2D eigenvalue weighted by molar-refractivity contribution is 4.86. The van der Waals surface area contributed by atoms with Crippen LogP contribution >= 0.6 is 0 Å². The van der Waals surface area contributed by atoms with Crippen molar-refractivity contribution in [2.24, 2.45) is 0 Å². The topological polar surface area (TPSA) is 27.7 Å². The number of morpholine rings is 1. The zero-order valence-electron chi connectivity index (χ0n) is 13.4. The zero-order chi connectivity index (χ0) is 14.2. The first-order valence-electron chi connectivity index (χ1n) is 8.57. The van der Waals surface area contributed by atoms with Crippen LogP contribution in [0, 0.1) is 0 Å². The molecule has 2 fully saturated rings. The molecule has 2 atom stereocenters. The Balaban J connectivity index is 1.61. The van der Waals surface area contributed by atoms with E-state index in [4.69, 9.17) is 4.74 Å². The number of nitrogens with one attached hydrogen (secondary N) is 1. The minimum absolute atomic E-state index is 0.740. The van der Waals surface area contributed by atoms with E-state index in [2.05, 4.69) is 29.0 Å². The van der Waals surface area contributed by atoms with Crippen LogP contribution in [0.1, 0.15) is 39.5 Å². The van der Waals surface area contributed by atoms with Gasteiger partial charge in [-0.3, -0.25) is 9.80 Å². The van der Waals surface area contributed by atoms with Crippen molar-refractivity contribution in [1.29, 1.82) is 0 Å². The first-order valence-corrected chi connectivity index (χ1v) is 8.57. The monoisotopic (exact) mass is 283 g/mol. The van der Waals surface area contributed by atoms with E-state index in [1.54, 1.807) is 0 Å². The lowest BCUT2D eigenvalue weighted by Crippen LogP contribution is -2.45. The van der Waals surface area contributed by atoms with Crippen LogP contribution in [0.2, 0.25) is 0 Å². The molecule has 20 heavy (non-hydrogen) atoms. The van der Waals surface area contributed by atoms with E-state index in [-0.39, 0.29) is 0 Å². The molecule has 0 saturated carbocycles. The predicted octanol–water partition coefficient (Wildman–Crippen LogP) is 1.56. The molecular formula is C16H33N3O. The number of nitrogens with zero attached hydrogens (tertiary/aromatic N) is 2. The number of hydrogen-bond acceptors (Lipinski definition) is 4. The van der Waals surface area contributed by atoms with Gasteiger partial charge in [0.15, 0.2) is 0 Å². The highest BCUT2D eigenvalue weighted by Gasteiger charge is 2.30. The van der Waals surface area contributed by atoms with Crippen LogP contribution in [0.4, 0.5) is 0 Å². The Morgan fingerprint density at radius 3 is 2.75 bits per heavy atom. The Morgan fingerprint density at radius 2 is 2.00 bits per heavy atom. The summed E-state index contributed by atoms with van der Waals surface area (Å²) >= 11 is 0. The second-order valence-corrected chi connectivity index (χ2v) is 6.33. The lowest BCUT2D eigenvalue weighted by molar-refractivity contribution is 0.0177. The molecule has 2 rings (SSSR count). The fourth-order valence-corrected chi connectivity index (χ4v) is 3.42. The standard InChI is InChI=1S/C16H33N3O/c1-3-7-17-8-4-5-15(2)19-9-6-16(14-19)18-10-12-20-13-11-18/h15-17H,3-14H2,1-2H3. The smallest absolute Gasteiger partial charge is 0.0594 e. The van der Waals surface area contributed by atoms with Crippen molar-refractivity contribution in [3.8, 4) is 0 Å². The van der Waals surface area contributed by atoms with Gasteiger partial charge in [-0.15, -0.1) is 0 Å². The fraction of sp³-hybridized carbons (Fsp3) is 1.00. The van der Waals surface area contributed by atoms with Crippen molar-refractivity contribution in [1.82, 2.24) is 15.1 Å². The average molecular weight is 283 g/mol. The summed E-state index contributed by atoms with van der Waals surface area (Å²) < 4.78 is 5.46. The van der Waals surface area contributed by atoms with E-state index < -0.39 is 0 Å². The maximum atomic E-state index is 5.46. The van der Waals surface area contributed by atoms with E-state index in [0.29, 0.717) is 0 Å². The summed E-state index contributed by atoms with van der Waals surface area (Å²) in [6.45, 7) is 13.6. The van der Waals surface area contributed by atoms with Gasteiger partial charge >= 0.3 is 0 Å². The van der Waals surface area contributed by atoms with Crippen LogP contribution in [0.5, 0.6) is 0 Å². The molecule has 1 N–H and O–H groups in total. The van der Waals surface area contributed by atoms with Gasteiger partial charge in [0.2, 0.25) is 0 Å². The third-order valence-electron chi connectivity index (χ3n) is 4.78. The summed E-state index contributed by atoms with van der Waals surface area (Å²) in [6, 6.07) is 1.52. The highest BCUT2D eigenvalue weighted by Crippen LogP contribution is 2.20. The van der Waals surface area contributed by atoms with Gasteiger partial charge in [-0.2, -0.15) is 0 Å². The van der Waals surface area contributed by atoms with Crippen LogP contribution in [0.25, 0.3) is 0 Å². The Morgan fingerprint density at radius 1 is 1.20 bits per heavy atom. The molecule has 4 nitrogen and oxygen atoms in total. The number of hydrogen-bond donors (Lipinski definition) is 1. The number of rotatable bonds is 8. The normalized spacial score (nSPS) is 27.0. The van der Waals surface area contributed by atoms with E-state index in [0.717, 1.165) is 44.9 Å². The van der Waals surface area contributed by atoms with Crippen LogP contribution in [0.3, 0.4) is 0 Å². The summed E-state index contributed by atoms with van der Waals surface area (Å²) in [4.78, 5) is 5.33. The molecule has 0 aliphatic carbocycles. The molecule has 2 heterocycles. The predicted molar refractivity (Wildman–Crippen MR) is 84.2 cm³/mol. The second kappa shape index (κ2) is 8.98. The quantitative estimate of drug-likeness (QED) is 0.684. The van der Waals surface area contributed by atoms with Crippen molar-refractivity contribution in [2.45, 2.75) is 51.6 Å². The molecular weight excluding hydrogens is 250 g/mol. The van der Waals surface area contributed by atoms with Crippen LogP contribution < -0.4 is 5.32 Å². The maximum absolute atomic E-state index is 5.46. The molecule has 0 bridgehead atoms. The minimum atomic E-state index is 0.740. The first-order chi connectivity index (χ1) is 9.81. The van der Waals surface area contributed by atoms with E-state index in [1.165, 1.54) is 45.3 Å². The van der Waals surface area contributed by atoms with Crippen LogP contribution in [-0.2, 0) is 4.74 Å².